The Bertz CT molecular complexity index is 616. The van der Waals surface area contributed by atoms with E-state index in [1.54, 1.807) is 26.2 Å². The third-order valence-corrected chi connectivity index (χ3v) is 3.00. The lowest BCUT2D eigenvalue weighted by molar-refractivity contribution is 0.0524. The molecule has 0 aliphatic carbocycles. The Morgan fingerprint density at radius 2 is 2.24 bits per heavy atom. The van der Waals surface area contributed by atoms with E-state index in [4.69, 9.17) is 4.74 Å². The summed E-state index contributed by atoms with van der Waals surface area (Å²) in [4.78, 5) is 24.2. The molecule has 2 heterocycles. The zero-order chi connectivity index (χ0) is 15.2. The van der Waals surface area contributed by atoms with E-state index >= 15 is 0 Å². The number of carbonyl (C=O) groups excluding carboxylic acids is 1. The molecule has 0 aliphatic rings. The minimum atomic E-state index is -0.401. The van der Waals surface area contributed by atoms with Crippen molar-refractivity contribution in [2.45, 2.75) is 26.8 Å². The summed E-state index contributed by atoms with van der Waals surface area (Å²) in [6.45, 7) is 5.85. The maximum atomic E-state index is 11.7. The molecular formula is C15H18N4O2. The van der Waals surface area contributed by atoms with E-state index in [9.17, 15) is 4.79 Å². The van der Waals surface area contributed by atoms with Crippen LogP contribution in [0.2, 0.25) is 0 Å². The molecule has 2 rings (SSSR count). The van der Waals surface area contributed by atoms with Gasteiger partial charge in [0.05, 0.1) is 23.9 Å². The van der Waals surface area contributed by atoms with Crippen molar-refractivity contribution >= 4 is 11.9 Å². The molecule has 0 fully saturated rings. The molecule has 0 amide bonds. The molecule has 21 heavy (non-hydrogen) atoms. The van der Waals surface area contributed by atoms with Crippen LogP contribution < -0.4 is 5.32 Å². The van der Waals surface area contributed by atoms with E-state index in [1.807, 2.05) is 19.1 Å². The van der Waals surface area contributed by atoms with Crippen LogP contribution in [-0.4, -0.2) is 27.5 Å². The summed E-state index contributed by atoms with van der Waals surface area (Å²) in [6.07, 6.45) is 5.00. The first-order valence-electron chi connectivity index (χ1n) is 6.79. The number of ether oxygens (including phenoxy) is 1. The van der Waals surface area contributed by atoms with Crippen LogP contribution >= 0.6 is 0 Å². The second-order valence-electron chi connectivity index (χ2n) is 4.57. The first-order chi connectivity index (χ1) is 10.1. The SMILES string of the molecule is CCOC(=O)c1cnc(NC(C)c2cccnc2)nc1C. The number of hydrogen-bond acceptors (Lipinski definition) is 6. The van der Waals surface area contributed by atoms with E-state index in [2.05, 4.69) is 20.3 Å². The van der Waals surface area contributed by atoms with Gasteiger partial charge in [0.2, 0.25) is 5.95 Å². The first-order valence-corrected chi connectivity index (χ1v) is 6.79. The van der Waals surface area contributed by atoms with Crippen LogP contribution in [0.1, 0.15) is 41.5 Å². The van der Waals surface area contributed by atoms with Gasteiger partial charge in [-0.2, -0.15) is 0 Å². The topological polar surface area (TPSA) is 77.0 Å². The summed E-state index contributed by atoms with van der Waals surface area (Å²) in [5.41, 5.74) is 2.01. The number of aryl methyl sites for hydroxylation is 1. The molecule has 0 radical (unpaired) electrons. The summed E-state index contributed by atoms with van der Waals surface area (Å²) in [5, 5.41) is 3.18. The van der Waals surface area contributed by atoms with Crippen LogP contribution in [0.3, 0.4) is 0 Å². The molecule has 6 nitrogen and oxygen atoms in total. The Labute approximate surface area is 123 Å². The van der Waals surface area contributed by atoms with Crippen molar-refractivity contribution in [1.29, 1.82) is 0 Å². The minimum absolute atomic E-state index is 0.0199. The van der Waals surface area contributed by atoms with E-state index in [-0.39, 0.29) is 6.04 Å². The molecule has 0 bridgehead atoms. The molecule has 1 unspecified atom stereocenters. The van der Waals surface area contributed by atoms with Crippen molar-refractivity contribution < 1.29 is 9.53 Å². The molecule has 1 N–H and O–H groups in total. The molecule has 2 aromatic rings. The third-order valence-electron chi connectivity index (χ3n) is 3.00. The molecular weight excluding hydrogens is 268 g/mol. The lowest BCUT2D eigenvalue weighted by Gasteiger charge is -2.14. The predicted molar refractivity (Wildman–Crippen MR) is 79.0 cm³/mol. The van der Waals surface area contributed by atoms with Gasteiger partial charge in [-0.3, -0.25) is 4.98 Å². The molecule has 6 heteroatoms. The van der Waals surface area contributed by atoms with Crippen LogP contribution in [0.4, 0.5) is 5.95 Å². The van der Waals surface area contributed by atoms with Crippen molar-refractivity contribution in [2.75, 3.05) is 11.9 Å². The van der Waals surface area contributed by atoms with Crippen LogP contribution in [0.15, 0.2) is 30.7 Å². The highest BCUT2D eigenvalue weighted by molar-refractivity contribution is 5.90. The van der Waals surface area contributed by atoms with Crippen molar-refractivity contribution in [3.05, 3.63) is 47.5 Å². The highest BCUT2D eigenvalue weighted by Crippen LogP contribution is 2.16. The lowest BCUT2D eigenvalue weighted by Crippen LogP contribution is -2.13. The largest absolute Gasteiger partial charge is 0.462 e. The summed E-state index contributed by atoms with van der Waals surface area (Å²) in [6, 6.07) is 3.88. The smallest absolute Gasteiger partial charge is 0.341 e. The maximum Gasteiger partial charge on any atom is 0.341 e. The summed E-state index contributed by atoms with van der Waals surface area (Å²) >= 11 is 0. The van der Waals surface area contributed by atoms with Crippen molar-refractivity contribution in [1.82, 2.24) is 15.0 Å². The van der Waals surface area contributed by atoms with Gasteiger partial charge < -0.3 is 10.1 Å². The van der Waals surface area contributed by atoms with Crippen LogP contribution in [0.25, 0.3) is 0 Å². The standard InChI is InChI=1S/C15H18N4O2/c1-4-21-14(20)13-9-17-15(19-11(13)3)18-10(2)12-6-5-7-16-8-12/h5-10H,4H2,1-3H3,(H,17,18,19). The number of anilines is 1. The normalized spacial score (nSPS) is 11.8. The number of esters is 1. The molecule has 110 valence electrons. The quantitative estimate of drug-likeness (QED) is 0.851. The summed E-state index contributed by atoms with van der Waals surface area (Å²) < 4.78 is 4.95. The number of aromatic nitrogens is 3. The Hall–Kier alpha value is -2.50. The summed E-state index contributed by atoms with van der Waals surface area (Å²) in [7, 11) is 0. The summed E-state index contributed by atoms with van der Waals surface area (Å²) in [5.74, 6) is 0.0683. The highest BCUT2D eigenvalue weighted by atomic mass is 16.5. The van der Waals surface area contributed by atoms with Gasteiger partial charge in [-0.25, -0.2) is 14.8 Å². The predicted octanol–water partition coefficient (Wildman–Crippen LogP) is 2.53. The average molecular weight is 286 g/mol. The Kier molecular flexibility index (Phi) is 4.81. The zero-order valence-electron chi connectivity index (χ0n) is 12.3. The fourth-order valence-corrected chi connectivity index (χ4v) is 1.85. The number of carbonyl (C=O) groups is 1. The van der Waals surface area contributed by atoms with Crippen LogP contribution in [-0.2, 0) is 4.74 Å². The minimum Gasteiger partial charge on any atom is -0.462 e. The second kappa shape index (κ2) is 6.78. The van der Waals surface area contributed by atoms with Crippen molar-refractivity contribution in [2.24, 2.45) is 0 Å². The van der Waals surface area contributed by atoms with E-state index in [0.29, 0.717) is 23.8 Å². The average Bonchev–Trinajstić information content (AvgIpc) is 2.48. The molecule has 1 atom stereocenters. The van der Waals surface area contributed by atoms with E-state index < -0.39 is 5.97 Å². The fraction of sp³-hybridized carbons (Fsp3) is 0.333. The first kappa shape index (κ1) is 14.9. The van der Waals surface area contributed by atoms with Gasteiger partial charge in [-0.05, 0) is 32.4 Å². The van der Waals surface area contributed by atoms with E-state index in [0.717, 1.165) is 5.56 Å². The zero-order valence-corrected chi connectivity index (χ0v) is 12.3. The monoisotopic (exact) mass is 286 g/mol. The Morgan fingerprint density at radius 3 is 2.86 bits per heavy atom. The Balaban J connectivity index is 2.12. The van der Waals surface area contributed by atoms with Gasteiger partial charge in [0.25, 0.3) is 0 Å². The van der Waals surface area contributed by atoms with Crippen LogP contribution in [0.5, 0.6) is 0 Å². The third kappa shape index (κ3) is 3.75. The fourth-order valence-electron chi connectivity index (χ4n) is 1.85. The molecule has 0 spiro atoms. The van der Waals surface area contributed by atoms with Gasteiger partial charge in [0, 0.05) is 18.6 Å². The molecule has 0 aromatic carbocycles. The molecule has 0 saturated heterocycles. The van der Waals surface area contributed by atoms with Gasteiger partial charge in [0.15, 0.2) is 0 Å². The second-order valence-corrected chi connectivity index (χ2v) is 4.57. The van der Waals surface area contributed by atoms with Gasteiger partial charge >= 0.3 is 5.97 Å². The molecule has 2 aromatic heterocycles. The van der Waals surface area contributed by atoms with Crippen LogP contribution in [0, 0.1) is 6.92 Å². The van der Waals surface area contributed by atoms with Crippen molar-refractivity contribution in [3.8, 4) is 0 Å². The number of nitrogens with zero attached hydrogens (tertiary/aromatic N) is 3. The number of pyridine rings is 1. The van der Waals surface area contributed by atoms with Gasteiger partial charge in [-0.1, -0.05) is 6.07 Å². The number of rotatable bonds is 5. The maximum absolute atomic E-state index is 11.7. The number of nitrogens with one attached hydrogen (secondary N) is 1. The Morgan fingerprint density at radius 1 is 1.43 bits per heavy atom. The van der Waals surface area contributed by atoms with Crippen molar-refractivity contribution in [3.63, 3.8) is 0 Å². The lowest BCUT2D eigenvalue weighted by atomic mass is 10.1. The van der Waals surface area contributed by atoms with Gasteiger partial charge in [0.1, 0.15) is 0 Å². The molecule has 0 aliphatic heterocycles. The van der Waals surface area contributed by atoms with E-state index in [1.165, 1.54) is 6.20 Å². The number of hydrogen-bond donors (Lipinski definition) is 1. The van der Waals surface area contributed by atoms with Gasteiger partial charge in [-0.15, -0.1) is 0 Å². The highest BCUT2D eigenvalue weighted by Gasteiger charge is 2.14. The molecule has 0 saturated carbocycles.